The van der Waals surface area contributed by atoms with Gasteiger partial charge in [0.1, 0.15) is 5.75 Å². The normalized spacial score (nSPS) is 10.4. The summed E-state index contributed by atoms with van der Waals surface area (Å²) in [6.07, 6.45) is 1.69. The van der Waals surface area contributed by atoms with E-state index in [2.05, 4.69) is 9.97 Å². The molecule has 4 heteroatoms. The number of ether oxygens (including phenoxy) is 1. The molecule has 2 aromatic rings. The molecule has 0 saturated carbocycles. The third-order valence-corrected chi connectivity index (χ3v) is 1.88. The molecule has 2 N–H and O–H groups in total. The summed E-state index contributed by atoms with van der Waals surface area (Å²) < 4.78 is 5.36. The second kappa shape index (κ2) is 3.49. The van der Waals surface area contributed by atoms with Gasteiger partial charge >= 0.3 is 0 Å². The molecule has 2 rings (SSSR count). The van der Waals surface area contributed by atoms with Crippen molar-refractivity contribution in [1.82, 2.24) is 9.97 Å². The zero-order valence-corrected chi connectivity index (χ0v) is 7.90. The van der Waals surface area contributed by atoms with E-state index in [9.17, 15) is 0 Å². The van der Waals surface area contributed by atoms with Crippen LogP contribution in [-0.4, -0.2) is 16.6 Å². The van der Waals surface area contributed by atoms with Crippen LogP contribution in [0.25, 0.3) is 10.9 Å². The fraction of sp³-hybridized carbons (Fsp3) is 0.200. The molecule has 14 heavy (non-hydrogen) atoms. The van der Waals surface area contributed by atoms with Gasteiger partial charge < -0.3 is 10.5 Å². The Morgan fingerprint density at radius 2 is 2.29 bits per heavy atom. The van der Waals surface area contributed by atoms with Crippen molar-refractivity contribution in [3.8, 4) is 5.75 Å². The average molecular weight is 189 g/mol. The van der Waals surface area contributed by atoms with Crippen LogP contribution in [0.4, 0.5) is 5.95 Å². The molecule has 1 aromatic heterocycles. The van der Waals surface area contributed by atoms with Gasteiger partial charge in [0.2, 0.25) is 5.95 Å². The molecule has 0 radical (unpaired) electrons. The van der Waals surface area contributed by atoms with Crippen LogP contribution in [0.1, 0.15) is 6.92 Å². The number of rotatable bonds is 2. The van der Waals surface area contributed by atoms with Crippen LogP contribution in [0.15, 0.2) is 24.4 Å². The Morgan fingerprint density at radius 1 is 1.43 bits per heavy atom. The number of hydrogen-bond donors (Lipinski definition) is 1. The summed E-state index contributed by atoms with van der Waals surface area (Å²) in [5, 5.41) is 0.935. The maximum atomic E-state index is 5.47. The SMILES string of the molecule is CCOc1ccc2nc(N)ncc2c1. The smallest absolute Gasteiger partial charge is 0.220 e. The van der Waals surface area contributed by atoms with Gasteiger partial charge in [0.05, 0.1) is 12.1 Å². The lowest BCUT2D eigenvalue weighted by Gasteiger charge is -2.03. The fourth-order valence-corrected chi connectivity index (χ4v) is 1.28. The Morgan fingerprint density at radius 3 is 3.07 bits per heavy atom. The molecule has 0 spiro atoms. The molecular formula is C10H11N3O. The van der Waals surface area contributed by atoms with E-state index in [1.165, 1.54) is 0 Å². The van der Waals surface area contributed by atoms with E-state index in [1.54, 1.807) is 6.20 Å². The minimum atomic E-state index is 0.293. The number of anilines is 1. The highest BCUT2D eigenvalue weighted by atomic mass is 16.5. The molecule has 0 unspecified atom stereocenters. The predicted octanol–water partition coefficient (Wildman–Crippen LogP) is 1.61. The Balaban J connectivity index is 2.50. The second-order valence-corrected chi connectivity index (χ2v) is 2.88. The van der Waals surface area contributed by atoms with Crippen LogP contribution in [0.3, 0.4) is 0 Å². The number of benzene rings is 1. The van der Waals surface area contributed by atoms with Crippen molar-refractivity contribution in [1.29, 1.82) is 0 Å². The maximum absolute atomic E-state index is 5.47. The summed E-state index contributed by atoms with van der Waals surface area (Å²) in [4.78, 5) is 8.01. The third-order valence-electron chi connectivity index (χ3n) is 1.88. The lowest BCUT2D eigenvalue weighted by molar-refractivity contribution is 0.340. The average Bonchev–Trinajstić information content (AvgIpc) is 2.19. The Bertz CT molecular complexity index is 456. The number of nitrogens with two attached hydrogens (primary N) is 1. The van der Waals surface area contributed by atoms with Crippen molar-refractivity contribution in [3.05, 3.63) is 24.4 Å². The van der Waals surface area contributed by atoms with Crippen molar-refractivity contribution < 1.29 is 4.74 Å². The highest BCUT2D eigenvalue weighted by Crippen LogP contribution is 2.18. The standard InChI is InChI=1S/C10H11N3O/c1-2-14-8-3-4-9-7(5-8)6-12-10(11)13-9/h3-6H,2H2,1H3,(H2,11,12,13). The molecule has 0 aliphatic rings. The molecule has 0 aliphatic heterocycles. The number of fused-ring (bicyclic) bond motifs is 1. The lowest BCUT2D eigenvalue weighted by atomic mass is 10.2. The Labute approximate surface area is 81.7 Å². The van der Waals surface area contributed by atoms with Crippen LogP contribution in [-0.2, 0) is 0 Å². The minimum Gasteiger partial charge on any atom is -0.494 e. The molecule has 4 nitrogen and oxygen atoms in total. The molecule has 0 amide bonds. The quantitative estimate of drug-likeness (QED) is 0.779. The number of aromatic nitrogens is 2. The molecule has 1 heterocycles. The van der Waals surface area contributed by atoms with E-state index in [0.717, 1.165) is 16.7 Å². The van der Waals surface area contributed by atoms with E-state index in [4.69, 9.17) is 10.5 Å². The monoisotopic (exact) mass is 189 g/mol. The second-order valence-electron chi connectivity index (χ2n) is 2.88. The van der Waals surface area contributed by atoms with Gasteiger partial charge in [-0.1, -0.05) is 0 Å². The van der Waals surface area contributed by atoms with Gasteiger partial charge in [-0.15, -0.1) is 0 Å². The van der Waals surface area contributed by atoms with Crippen molar-refractivity contribution in [2.24, 2.45) is 0 Å². The van der Waals surface area contributed by atoms with Crippen LogP contribution < -0.4 is 10.5 Å². The molecule has 72 valence electrons. The topological polar surface area (TPSA) is 61.0 Å². The van der Waals surface area contributed by atoms with E-state index in [0.29, 0.717) is 12.6 Å². The first-order chi connectivity index (χ1) is 6.79. The van der Waals surface area contributed by atoms with Crippen LogP contribution in [0, 0.1) is 0 Å². The summed E-state index contributed by atoms with van der Waals surface area (Å²) in [6.45, 7) is 2.60. The number of hydrogen-bond acceptors (Lipinski definition) is 4. The number of nitrogens with zero attached hydrogens (tertiary/aromatic N) is 2. The van der Waals surface area contributed by atoms with Crippen molar-refractivity contribution >= 4 is 16.9 Å². The van der Waals surface area contributed by atoms with Gasteiger partial charge in [-0.05, 0) is 25.1 Å². The molecule has 0 aliphatic carbocycles. The molecular weight excluding hydrogens is 178 g/mol. The van der Waals surface area contributed by atoms with Gasteiger partial charge in [-0.2, -0.15) is 0 Å². The zero-order valence-electron chi connectivity index (χ0n) is 7.90. The molecule has 0 saturated heterocycles. The highest BCUT2D eigenvalue weighted by molar-refractivity contribution is 5.79. The van der Waals surface area contributed by atoms with Crippen LogP contribution in [0.2, 0.25) is 0 Å². The van der Waals surface area contributed by atoms with Crippen molar-refractivity contribution in [2.45, 2.75) is 6.92 Å². The fourth-order valence-electron chi connectivity index (χ4n) is 1.28. The molecule has 0 bridgehead atoms. The predicted molar refractivity (Wildman–Crippen MR) is 55.1 cm³/mol. The molecule has 0 atom stereocenters. The van der Waals surface area contributed by atoms with E-state index < -0.39 is 0 Å². The van der Waals surface area contributed by atoms with Crippen molar-refractivity contribution in [2.75, 3.05) is 12.3 Å². The van der Waals surface area contributed by atoms with Gasteiger partial charge in [0.15, 0.2) is 0 Å². The largest absolute Gasteiger partial charge is 0.494 e. The van der Waals surface area contributed by atoms with Gasteiger partial charge in [-0.25, -0.2) is 9.97 Å². The zero-order chi connectivity index (χ0) is 9.97. The van der Waals surface area contributed by atoms with Gasteiger partial charge in [-0.3, -0.25) is 0 Å². The van der Waals surface area contributed by atoms with Gasteiger partial charge in [0, 0.05) is 11.6 Å². The highest BCUT2D eigenvalue weighted by Gasteiger charge is 1.98. The van der Waals surface area contributed by atoms with E-state index in [-0.39, 0.29) is 0 Å². The summed E-state index contributed by atoms with van der Waals surface area (Å²) in [6, 6.07) is 5.65. The third kappa shape index (κ3) is 1.59. The van der Waals surface area contributed by atoms with E-state index in [1.807, 2.05) is 25.1 Å². The number of nitrogen functional groups attached to an aromatic ring is 1. The van der Waals surface area contributed by atoms with Crippen molar-refractivity contribution in [3.63, 3.8) is 0 Å². The molecule has 1 aromatic carbocycles. The summed E-state index contributed by atoms with van der Waals surface area (Å²) >= 11 is 0. The Hall–Kier alpha value is -1.84. The first kappa shape index (κ1) is 8.74. The first-order valence-electron chi connectivity index (χ1n) is 4.44. The van der Waals surface area contributed by atoms with E-state index >= 15 is 0 Å². The minimum absolute atomic E-state index is 0.293. The van der Waals surface area contributed by atoms with Crippen LogP contribution >= 0.6 is 0 Å². The first-order valence-corrected chi connectivity index (χ1v) is 4.44. The molecule has 0 fully saturated rings. The maximum Gasteiger partial charge on any atom is 0.220 e. The summed E-state index contributed by atoms with van der Waals surface area (Å²) in [7, 11) is 0. The summed E-state index contributed by atoms with van der Waals surface area (Å²) in [5.74, 6) is 1.12. The Kier molecular flexibility index (Phi) is 2.18. The van der Waals surface area contributed by atoms with Crippen LogP contribution in [0.5, 0.6) is 5.75 Å². The van der Waals surface area contributed by atoms with Gasteiger partial charge in [0.25, 0.3) is 0 Å². The lowest BCUT2D eigenvalue weighted by Crippen LogP contribution is -1.95. The summed E-state index contributed by atoms with van der Waals surface area (Å²) in [5.41, 5.74) is 6.30.